The Morgan fingerprint density at radius 3 is 1.64 bits per heavy atom. The second-order valence-corrected chi connectivity index (χ2v) is 33.6. The van der Waals surface area contributed by atoms with Crippen molar-refractivity contribution in [3.05, 3.63) is 54.1 Å². The van der Waals surface area contributed by atoms with Crippen molar-refractivity contribution in [1.29, 1.82) is 0 Å². The molecule has 50 heavy (non-hydrogen) atoms. The monoisotopic (exact) mass is 750 g/mol. The number of phenolic OH excluding ortho intramolecular Hbond substituents is 1. The zero-order valence-electron chi connectivity index (χ0n) is 33.3. The van der Waals surface area contributed by atoms with E-state index in [9.17, 15) is 14.7 Å². The van der Waals surface area contributed by atoms with E-state index in [0.29, 0.717) is 12.4 Å². The van der Waals surface area contributed by atoms with Gasteiger partial charge in [-0.1, -0.05) is 98.7 Å². The Morgan fingerprint density at radius 2 is 1.16 bits per heavy atom. The number of aromatic hydroxyl groups is 1. The quantitative estimate of drug-likeness (QED) is 0.200. The van der Waals surface area contributed by atoms with Crippen LogP contribution in [0.4, 0.5) is 8.78 Å². The number of allylic oxidation sites excluding steroid dienone is 4. The maximum atomic E-state index is 16.8. The highest BCUT2D eigenvalue weighted by Gasteiger charge is 2.68. The molecule has 282 valence electrons. The van der Waals surface area contributed by atoms with Gasteiger partial charge in [0, 0.05) is 23.3 Å². The molecule has 1 N–H and O–H groups in total. The summed E-state index contributed by atoms with van der Waals surface area (Å²) in [5, 5.41) is 9.52. The SMILES string of the molecule is CC(C)(C)[Si](C)(C)OC[C@]1(F)C(=O)C=C[C@@H]2[C@H]1[C@@H]1C=C[C@H]2C(=O)[C@@]1(F)CO[Si](C)(C)C(C)(C)C.CC(C)(C)[Si](C)(C)OCc1ccccc1O. The maximum absolute atomic E-state index is 16.8. The van der Waals surface area contributed by atoms with E-state index in [1.807, 2.05) is 85.9 Å². The van der Waals surface area contributed by atoms with Crippen molar-refractivity contribution in [2.45, 2.75) is 135 Å². The summed E-state index contributed by atoms with van der Waals surface area (Å²) in [6.07, 6.45) is 6.12. The largest absolute Gasteiger partial charge is 0.508 e. The van der Waals surface area contributed by atoms with Crippen LogP contribution < -0.4 is 0 Å². The van der Waals surface area contributed by atoms with Gasteiger partial charge in [-0.3, -0.25) is 9.59 Å². The van der Waals surface area contributed by atoms with Crippen molar-refractivity contribution in [1.82, 2.24) is 0 Å². The second-order valence-electron chi connectivity index (χ2n) is 19.1. The predicted octanol–water partition coefficient (Wildman–Crippen LogP) is 10.1. The van der Waals surface area contributed by atoms with Gasteiger partial charge in [-0.15, -0.1) is 0 Å². The average molecular weight is 751 g/mol. The van der Waals surface area contributed by atoms with Crippen LogP contribution in [0.3, 0.4) is 0 Å². The minimum atomic E-state index is -2.39. The zero-order valence-corrected chi connectivity index (χ0v) is 36.3. The third-order valence-corrected chi connectivity index (χ3v) is 26.1. The van der Waals surface area contributed by atoms with Gasteiger partial charge in [-0.05, 0) is 72.5 Å². The molecule has 5 rings (SSSR count). The van der Waals surface area contributed by atoms with Gasteiger partial charge in [0.1, 0.15) is 5.75 Å². The van der Waals surface area contributed by atoms with Gasteiger partial charge in [-0.25, -0.2) is 8.78 Å². The van der Waals surface area contributed by atoms with E-state index in [1.165, 1.54) is 6.08 Å². The van der Waals surface area contributed by atoms with Crippen LogP contribution in [-0.4, -0.2) is 66.2 Å². The maximum Gasteiger partial charge on any atom is 0.198 e. The number of carbonyl (C=O) groups excluding carboxylic acids is 2. The Kier molecular flexibility index (Phi) is 12.1. The molecule has 0 amide bonds. The lowest BCUT2D eigenvalue weighted by Gasteiger charge is -2.55. The van der Waals surface area contributed by atoms with Crippen molar-refractivity contribution < 1.29 is 36.8 Å². The van der Waals surface area contributed by atoms with Crippen LogP contribution in [0.15, 0.2) is 48.6 Å². The highest BCUT2D eigenvalue weighted by Crippen LogP contribution is 2.57. The van der Waals surface area contributed by atoms with E-state index in [2.05, 4.69) is 33.9 Å². The average Bonchev–Trinajstić information content (AvgIpc) is 2.98. The zero-order chi connectivity index (χ0) is 38.5. The van der Waals surface area contributed by atoms with Crippen molar-refractivity contribution in [2.75, 3.05) is 13.2 Å². The molecule has 0 saturated heterocycles. The van der Waals surface area contributed by atoms with E-state index < -0.39 is 84.7 Å². The summed E-state index contributed by atoms with van der Waals surface area (Å²) in [7, 11) is -6.45. The van der Waals surface area contributed by atoms with Crippen LogP contribution in [-0.2, 0) is 29.5 Å². The second kappa shape index (κ2) is 14.2. The van der Waals surface area contributed by atoms with Crippen molar-refractivity contribution in [3.8, 4) is 5.75 Å². The molecule has 11 heteroatoms. The van der Waals surface area contributed by atoms with E-state index in [4.69, 9.17) is 13.3 Å². The molecular weight excluding hydrogens is 687 g/mol. The standard InChI is InChI=1S/C26H42F2O4Si2.C13H22O2Si/c1-23(2,3)33(7,8)31-15-25(27)19-13-11-18(22(25)30)17-12-14-20(29)26(28,21(17)19)16-32-34(9,10)24(4,5)6;1-13(2,3)16(4,5)15-10-11-8-6-7-9-12(11)14/h11-14,17-19,21H,15-16H2,1-10H3;6-9,14H,10H2,1-5H3/t17-,18+,19-,21-,25+,26-;/m0./s1. The van der Waals surface area contributed by atoms with E-state index in [0.717, 1.165) is 5.56 Å². The molecule has 1 aromatic carbocycles. The number of rotatable bonds is 9. The minimum Gasteiger partial charge on any atom is -0.508 e. The lowest BCUT2D eigenvalue weighted by atomic mass is 9.50. The molecule has 1 saturated carbocycles. The number of carbonyl (C=O) groups is 2. The summed E-state index contributed by atoms with van der Waals surface area (Å²) in [6, 6.07) is 7.35. The van der Waals surface area contributed by atoms with Crippen LogP contribution in [0, 0.1) is 23.7 Å². The molecule has 6 atom stereocenters. The lowest BCUT2D eigenvalue weighted by molar-refractivity contribution is -0.167. The van der Waals surface area contributed by atoms with Gasteiger partial charge >= 0.3 is 0 Å². The van der Waals surface area contributed by atoms with Crippen LogP contribution >= 0.6 is 0 Å². The van der Waals surface area contributed by atoms with E-state index in [-0.39, 0.29) is 15.1 Å². The summed E-state index contributed by atoms with van der Waals surface area (Å²) in [5.41, 5.74) is -3.89. The molecule has 1 fully saturated rings. The fourth-order valence-corrected chi connectivity index (χ4v) is 8.82. The molecule has 4 aliphatic rings. The number of hydrogen-bond acceptors (Lipinski definition) is 6. The summed E-state index contributed by atoms with van der Waals surface area (Å²) >= 11 is 0. The van der Waals surface area contributed by atoms with Gasteiger partial charge < -0.3 is 18.4 Å². The topological polar surface area (TPSA) is 82.1 Å². The molecular formula is C39H64F2O6Si3. The highest BCUT2D eigenvalue weighted by atomic mass is 28.4. The number of fused-ring (bicyclic) bond motifs is 1. The first-order valence-corrected chi connectivity index (χ1v) is 26.7. The molecule has 2 bridgehead atoms. The smallest absolute Gasteiger partial charge is 0.198 e. The number of phenols is 1. The van der Waals surface area contributed by atoms with Crippen LogP contribution in [0.2, 0.25) is 54.4 Å². The summed E-state index contributed by atoms with van der Waals surface area (Å²) < 4.78 is 51.8. The van der Waals surface area contributed by atoms with Gasteiger partial charge in [-0.2, -0.15) is 0 Å². The first-order chi connectivity index (χ1) is 22.4. The Balaban J connectivity index is 0.000000354. The van der Waals surface area contributed by atoms with E-state index >= 15 is 8.78 Å². The Labute approximate surface area is 303 Å². The number of Topliss-reactive ketones (excluding diaryl/α,β-unsaturated/α-hetero) is 1. The Bertz CT molecular complexity index is 1470. The van der Waals surface area contributed by atoms with Crippen LogP contribution in [0.5, 0.6) is 5.75 Å². The van der Waals surface area contributed by atoms with E-state index in [1.54, 1.807) is 24.3 Å². The number of halogens is 2. The number of hydrogen-bond donors (Lipinski definition) is 1. The van der Waals surface area contributed by atoms with Gasteiger partial charge in [0.15, 0.2) is 47.9 Å². The third-order valence-electron chi connectivity index (χ3n) is 12.7. The van der Waals surface area contributed by atoms with Crippen molar-refractivity contribution in [3.63, 3.8) is 0 Å². The molecule has 0 spiro atoms. The number of para-hydroxylation sites is 1. The molecule has 0 aromatic heterocycles. The third kappa shape index (κ3) is 8.38. The number of ketones is 2. The summed E-state index contributed by atoms with van der Waals surface area (Å²) in [5.74, 6) is -4.40. The highest BCUT2D eigenvalue weighted by molar-refractivity contribution is 6.74. The normalized spacial score (nSPS) is 28.7. The van der Waals surface area contributed by atoms with Gasteiger partial charge in [0.05, 0.1) is 19.8 Å². The lowest BCUT2D eigenvalue weighted by Crippen LogP contribution is -2.68. The molecule has 0 heterocycles. The van der Waals surface area contributed by atoms with Gasteiger partial charge in [0.2, 0.25) is 0 Å². The van der Waals surface area contributed by atoms with Crippen LogP contribution in [0.1, 0.15) is 67.9 Å². The van der Waals surface area contributed by atoms with Crippen molar-refractivity contribution in [2.24, 2.45) is 23.7 Å². The number of benzene rings is 1. The Hall–Kier alpha value is -1.77. The molecule has 1 aromatic rings. The first-order valence-electron chi connectivity index (χ1n) is 17.9. The minimum absolute atomic E-state index is 0.164. The Morgan fingerprint density at radius 1 is 0.700 bits per heavy atom. The molecule has 6 nitrogen and oxygen atoms in total. The van der Waals surface area contributed by atoms with Gasteiger partial charge in [0.25, 0.3) is 0 Å². The molecule has 4 aliphatic carbocycles. The van der Waals surface area contributed by atoms with Crippen molar-refractivity contribution >= 4 is 36.5 Å². The fourth-order valence-electron chi connectivity index (χ4n) is 5.87. The predicted molar refractivity (Wildman–Crippen MR) is 206 cm³/mol. The number of alkyl halides is 2. The molecule has 0 aliphatic heterocycles. The summed E-state index contributed by atoms with van der Waals surface area (Å²) in [4.78, 5) is 26.3. The van der Waals surface area contributed by atoms with Crippen LogP contribution in [0.25, 0.3) is 0 Å². The fraction of sp³-hybridized carbons (Fsp3) is 0.692. The molecule has 0 radical (unpaired) electrons. The summed E-state index contributed by atoms with van der Waals surface area (Å²) in [6.45, 7) is 31.0. The first kappa shape index (κ1) is 42.6. The molecule has 0 unspecified atom stereocenters.